The molecule has 1 fully saturated rings. The molecule has 116 valence electrons. The fourth-order valence-electron chi connectivity index (χ4n) is 2.37. The smallest absolute Gasteiger partial charge is 0.243 e. The molecule has 1 heterocycles. The summed E-state index contributed by atoms with van der Waals surface area (Å²) < 4.78 is 27.6. The first-order chi connectivity index (χ1) is 9.89. The van der Waals surface area contributed by atoms with Crippen LogP contribution in [0.2, 0.25) is 0 Å². The fraction of sp³-hybridized carbons (Fsp3) is 0.467. The second-order valence-electron chi connectivity index (χ2n) is 5.60. The van der Waals surface area contributed by atoms with Gasteiger partial charge in [-0.25, -0.2) is 8.42 Å². The summed E-state index contributed by atoms with van der Waals surface area (Å²) >= 11 is 3.33. The van der Waals surface area contributed by atoms with Gasteiger partial charge in [0, 0.05) is 4.47 Å². The molecule has 1 N–H and O–H groups in total. The minimum atomic E-state index is -3.36. The third-order valence-electron chi connectivity index (χ3n) is 3.66. The van der Waals surface area contributed by atoms with Crippen molar-refractivity contribution < 1.29 is 13.3 Å². The molecule has 0 radical (unpaired) electrons. The van der Waals surface area contributed by atoms with Crippen LogP contribution in [0.5, 0.6) is 0 Å². The normalized spacial score (nSPS) is 17.7. The van der Waals surface area contributed by atoms with Gasteiger partial charge in [0.25, 0.3) is 0 Å². The average molecular weight is 374 g/mol. The zero-order chi connectivity index (χ0) is 15.5. The molecule has 0 amide bonds. The predicted octanol–water partition coefficient (Wildman–Crippen LogP) is 1.30. The van der Waals surface area contributed by atoms with E-state index in [4.69, 9.17) is 0 Å². The van der Waals surface area contributed by atoms with Crippen molar-refractivity contribution in [2.45, 2.75) is 18.7 Å². The van der Waals surface area contributed by atoms with Gasteiger partial charge >= 0.3 is 0 Å². The van der Waals surface area contributed by atoms with E-state index in [0.29, 0.717) is 18.0 Å². The average Bonchev–Trinajstić information content (AvgIpc) is 2.45. The van der Waals surface area contributed by atoms with Crippen molar-refractivity contribution in [3.8, 4) is 0 Å². The molecule has 0 bridgehead atoms. The highest BCUT2D eigenvalue weighted by Crippen LogP contribution is 2.19. The maximum atomic E-state index is 12.6. The third kappa shape index (κ3) is 4.39. The van der Waals surface area contributed by atoms with E-state index in [1.807, 2.05) is 6.07 Å². The zero-order valence-corrected chi connectivity index (χ0v) is 14.9. The summed E-state index contributed by atoms with van der Waals surface area (Å²) in [5, 5.41) is 0. The van der Waals surface area contributed by atoms with E-state index >= 15 is 0 Å². The van der Waals surface area contributed by atoms with Crippen molar-refractivity contribution >= 4 is 26.0 Å². The first-order valence-electron chi connectivity index (χ1n) is 7.12. The van der Waals surface area contributed by atoms with Crippen LogP contribution in [0.4, 0.5) is 0 Å². The van der Waals surface area contributed by atoms with Crippen molar-refractivity contribution in [3.05, 3.63) is 40.4 Å². The number of piperazine rings is 1. The highest BCUT2D eigenvalue weighted by atomic mass is 79.9. The summed E-state index contributed by atoms with van der Waals surface area (Å²) in [4.78, 5) is 1.81. The Kier molecular flexibility index (Phi) is 5.60. The molecule has 0 aromatic heterocycles. The lowest BCUT2D eigenvalue weighted by molar-refractivity contribution is -0.897. The minimum Gasteiger partial charge on any atom is -0.329 e. The van der Waals surface area contributed by atoms with E-state index in [2.05, 4.69) is 35.9 Å². The lowest BCUT2D eigenvalue weighted by Gasteiger charge is -2.31. The number of benzene rings is 1. The van der Waals surface area contributed by atoms with E-state index in [1.165, 1.54) is 10.5 Å². The molecule has 1 aliphatic heterocycles. The van der Waals surface area contributed by atoms with Crippen LogP contribution in [0.25, 0.3) is 0 Å². The molecule has 0 atom stereocenters. The van der Waals surface area contributed by atoms with Gasteiger partial charge < -0.3 is 4.90 Å². The van der Waals surface area contributed by atoms with E-state index in [-0.39, 0.29) is 0 Å². The SMILES string of the molecule is CC(C)=CC[NH+]1CCN(S(=O)(=O)c2cccc(Br)c2)CC1. The lowest BCUT2D eigenvalue weighted by atomic mass is 10.3. The Bertz CT molecular complexity index is 616. The van der Waals surface area contributed by atoms with E-state index in [0.717, 1.165) is 24.1 Å². The van der Waals surface area contributed by atoms with Gasteiger partial charge in [-0.1, -0.05) is 27.6 Å². The Morgan fingerprint density at radius 1 is 1.33 bits per heavy atom. The third-order valence-corrected chi connectivity index (χ3v) is 6.05. The van der Waals surface area contributed by atoms with E-state index in [9.17, 15) is 8.42 Å². The maximum absolute atomic E-state index is 12.6. The van der Waals surface area contributed by atoms with Crippen LogP contribution in [0.1, 0.15) is 13.8 Å². The van der Waals surface area contributed by atoms with E-state index in [1.54, 1.807) is 22.5 Å². The molecule has 1 aromatic rings. The number of allylic oxidation sites excluding steroid dienone is 1. The molecule has 1 saturated heterocycles. The summed E-state index contributed by atoms with van der Waals surface area (Å²) in [5.41, 5.74) is 1.31. The summed E-state index contributed by atoms with van der Waals surface area (Å²) in [7, 11) is -3.36. The largest absolute Gasteiger partial charge is 0.329 e. The van der Waals surface area contributed by atoms with Crippen molar-refractivity contribution in [1.29, 1.82) is 0 Å². The summed E-state index contributed by atoms with van der Waals surface area (Å²) in [5.74, 6) is 0. The van der Waals surface area contributed by atoms with Crippen molar-refractivity contribution in [3.63, 3.8) is 0 Å². The number of nitrogens with one attached hydrogen (secondary N) is 1. The van der Waals surface area contributed by atoms with Gasteiger partial charge in [-0.2, -0.15) is 4.31 Å². The van der Waals surface area contributed by atoms with Gasteiger partial charge in [0.15, 0.2) is 0 Å². The zero-order valence-electron chi connectivity index (χ0n) is 12.5. The Morgan fingerprint density at radius 2 is 2.00 bits per heavy atom. The van der Waals surface area contributed by atoms with Crippen LogP contribution in [0.3, 0.4) is 0 Å². The van der Waals surface area contributed by atoms with Crippen LogP contribution in [0.15, 0.2) is 45.3 Å². The molecule has 0 saturated carbocycles. The van der Waals surface area contributed by atoms with Crippen LogP contribution >= 0.6 is 15.9 Å². The number of rotatable bonds is 4. The Hall–Kier alpha value is -0.690. The maximum Gasteiger partial charge on any atom is 0.243 e. The van der Waals surface area contributed by atoms with Crippen molar-refractivity contribution in [2.75, 3.05) is 32.7 Å². The number of hydrogen-bond donors (Lipinski definition) is 1. The fourth-order valence-corrected chi connectivity index (χ4v) is 4.41. The van der Waals surface area contributed by atoms with Crippen LogP contribution in [-0.2, 0) is 10.0 Å². The molecule has 1 aromatic carbocycles. The topological polar surface area (TPSA) is 41.8 Å². The Labute approximate surface area is 135 Å². The summed E-state index contributed by atoms with van der Waals surface area (Å²) in [6.45, 7) is 8.05. The molecule has 21 heavy (non-hydrogen) atoms. The second kappa shape index (κ2) is 7.05. The quantitative estimate of drug-likeness (QED) is 0.808. The first-order valence-corrected chi connectivity index (χ1v) is 9.35. The monoisotopic (exact) mass is 373 g/mol. The number of sulfonamides is 1. The highest BCUT2D eigenvalue weighted by Gasteiger charge is 2.29. The summed E-state index contributed by atoms with van der Waals surface area (Å²) in [6, 6.07) is 6.91. The van der Waals surface area contributed by atoms with Gasteiger partial charge in [-0.15, -0.1) is 0 Å². The van der Waals surface area contributed by atoms with Crippen molar-refractivity contribution in [1.82, 2.24) is 4.31 Å². The molecular weight excluding hydrogens is 352 g/mol. The van der Waals surface area contributed by atoms with Crippen LogP contribution in [0, 0.1) is 0 Å². The van der Waals surface area contributed by atoms with E-state index < -0.39 is 10.0 Å². The number of quaternary nitrogens is 1. The number of hydrogen-bond acceptors (Lipinski definition) is 2. The predicted molar refractivity (Wildman–Crippen MR) is 87.9 cm³/mol. The number of nitrogens with zero attached hydrogens (tertiary/aromatic N) is 1. The second-order valence-corrected chi connectivity index (χ2v) is 8.45. The standard InChI is InChI=1S/C15H21BrN2O2S/c1-13(2)6-7-17-8-10-18(11-9-17)21(19,20)15-5-3-4-14(16)12-15/h3-6,12H,7-11H2,1-2H3/p+1. The van der Waals surface area contributed by atoms with Crippen LogP contribution < -0.4 is 4.90 Å². The highest BCUT2D eigenvalue weighted by molar-refractivity contribution is 9.10. The molecular formula is C15H22BrN2O2S+. The molecule has 0 spiro atoms. The molecule has 6 heteroatoms. The van der Waals surface area contributed by atoms with Crippen LogP contribution in [-0.4, -0.2) is 45.4 Å². The molecule has 0 aliphatic carbocycles. The summed E-state index contributed by atoms with van der Waals surface area (Å²) in [6.07, 6.45) is 2.22. The molecule has 4 nitrogen and oxygen atoms in total. The van der Waals surface area contributed by atoms with Crippen molar-refractivity contribution in [2.24, 2.45) is 0 Å². The number of halogens is 1. The molecule has 1 aliphatic rings. The van der Waals surface area contributed by atoms with Gasteiger partial charge in [-0.3, -0.25) is 0 Å². The lowest BCUT2D eigenvalue weighted by Crippen LogP contribution is -3.14. The van der Waals surface area contributed by atoms with Gasteiger partial charge in [0.05, 0.1) is 37.6 Å². The first kappa shape index (κ1) is 16.7. The van der Waals surface area contributed by atoms with Gasteiger partial charge in [0.2, 0.25) is 10.0 Å². The van der Waals surface area contributed by atoms with Gasteiger partial charge in [0.1, 0.15) is 0 Å². The Balaban J connectivity index is 2.03. The molecule has 2 rings (SSSR count). The molecule has 0 unspecified atom stereocenters. The minimum absolute atomic E-state index is 0.365. The van der Waals surface area contributed by atoms with Gasteiger partial charge in [-0.05, 0) is 38.1 Å². The Morgan fingerprint density at radius 3 is 2.57 bits per heavy atom.